The molecular formula is C14H14Br2N2O2S. The summed E-state index contributed by atoms with van der Waals surface area (Å²) in [5.41, 5.74) is 4.99. The van der Waals surface area contributed by atoms with Gasteiger partial charge in [-0.3, -0.25) is 5.84 Å². The zero-order valence-corrected chi connectivity index (χ0v) is 15.1. The second-order valence-corrected chi connectivity index (χ2v) is 8.39. The standard InChI is InChI=1S/C14H14Br2N2O2S/c15-12-7-9(14(16)21-12)13(18-17)8-2-3-10-11(6-8)20-5-1-4-19-10/h2-3,6-7,13,18H,1,4-5,17H2. The van der Waals surface area contributed by atoms with Crippen LogP contribution in [0.15, 0.2) is 31.8 Å². The van der Waals surface area contributed by atoms with Crippen LogP contribution < -0.4 is 20.7 Å². The Morgan fingerprint density at radius 2 is 1.90 bits per heavy atom. The number of hydrogen-bond donors (Lipinski definition) is 2. The molecule has 3 N–H and O–H groups in total. The molecular weight excluding hydrogens is 420 g/mol. The number of nitrogens with one attached hydrogen (secondary N) is 1. The number of benzene rings is 1. The van der Waals surface area contributed by atoms with Gasteiger partial charge in [-0.1, -0.05) is 6.07 Å². The molecule has 0 saturated heterocycles. The lowest BCUT2D eigenvalue weighted by molar-refractivity contribution is 0.297. The summed E-state index contributed by atoms with van der Waals surface area (Å²) >= 11 is 8.70. The number of rotatable bonds is 3. The van der Waals surface area contributed by atoms with Gasteiger partial charge in [0.2, 0.25) is 0 Å². The van der Waals surface area contributed by atoms with Crippen molar-refractivity contribution in [2.75, 3.05) is 13.2 Å². The predicted octanol–water partition coefficient (Wildman–Crippen LogP) is 3.99. The minimum Gasteiger partial charge on any atom is -0.490 e. The van der Waals surface area contributed by atoms with Gasteiger partial charge in [-0.25, -0.2) is 5.43 Å². The van der Waals surface area contributed by atoms with Gasteiger partial charge in [0, 0.05) is 12.0 Å². The highest BCUT2D eigenvalue weighted by molar-refractivity contribution is 9.12. The summed E-state index contributed by atoms with van der Waals surface area (Å²) in [6.07, 6.45) is 0.894. The Bertz CT molecular complexity index is 648. The number of fused-ring (bicyclic) bond motifs is 1. The Balaban J connectivity index is 1.98. The first-order chi connectivity index (χ1) is 10.2. The van der Waals surface area contributed by atoms with Crippen LogP contribution in [0.5, 0.6) is 11.5 Å². The summed E-state index contributed by atoms with van der Waals surface area (Å²) in [4.78, 5) is 0. The van der Waals surface area contributed by atoms with E-state index in [4.69, 9.17) is 15.3 Å². The van der Waals surface area contributed by atoms with Crippen molar-refractivity contribution in [3.05, 3.63) is 43.0 Å². The Hall–Kier alpha value is -0.600. The third kappa shape index (κ3) is 3.27. The molecule has 1 atom stereocenters. The number of nitrogens with two attached hydrogens (primary N) is 1. The van der Waals surface area contributed by atoms with Gasteiger partial charge in [-0.05, 0) is 55.6 Å². The molecule has 0 spiro atoms. The number of thiophene rings is 1. The monoisotopic (exact) mass is 432 g/mol. The van der Waals surface area contributed by atoms with Crippen molar-refractivity contribution in [2.24, 2.45) is 5.84 Å². The van der Waals surface area contributed by atoms with Gasteiger partial charge < -0.3 is 9.47 Å². The van der Waals surface area contributed by atoms with Crippen LogP contribution >= 0.6 is 43.2 Å². The summed E-state index contributed by atoms with van der Waals surface area (Å²) in [5, 5.41) is 0. The summed E-state index contributed by atoms with van der Waals surface area (Å²) < 4.78 is 13.5. The van der Waals surface area contributed by atoms with Crippen LogP contribution in [-0.4, -0.2) is 13.2 Å². The molecule has 0 radical (unpaired) electrons. The van der Waals surface area contributed by atoms with Crippen molar-refractivity contribution in [3.63, 3.8) is 0 Å². The van der Waals surface area contributed by atoms with E-state index in [1.165, 1.54) is 0 Å². The molecule has 3 rings (SSSR count). The minimum absolute atomic E-state index is 0.112. The first-order valence-electron chi connectivity index (χ1n) is 6.49. The predicted molar refractivity (Wildman–Crippen MR) is 90.9 cm³/mol. The van der Waals surface area contributed by atoms with Crippen LogP contribution in [0.4, 0.5) is 0 Å². The molecule has 1 aliphatic rings. The molecule has 4 nitrogen and oxygen atoms in total. The van der Waals surface area contributed by atoms with Gasteiger partial charge in [-0.2, -0.15) is 0 Å². The fourth-order valence-corrected chi connectivity index (χ4v) is 5.18. The molecule has 2 heterocycles. The highest BCUT2D eigenvalue weighted by Crippen LogP contribution is 2.39. The summed E-state index contributed by atoms with van der Waals surface area (Å²) in [6.45, 7) is 1.36. The molecule has 0 bridgehead atoms. The molecule has 0 fully saturated rings. The number of hydrazine groups is 1. The number of halogens is 2. The molecule has 112 valence electrons. The molecule has 1 unspecified atom stereocenters. The van der Waals surface area contributed by atoms with Crippen molar-refractivity contribution in [2.45, 2.75) is 12.5 Å². The number of hydrogen-bond acceptors (Lipinski definition) is 5. The van der Waals surface area contributed by atoms with Crippen LogP contribution in [0, 0.1) is 0 Å². The zero-order chi connectivity index (χ0) is 14.8. The highest BCUT2D eigenvalue weighted by Gasteiger charge is 2.20. The number of ether oxygens (including phenoxy) is 2. The third-order valence-corrected chi connectivity index (χ3v) is 5.65. The van der Waals surface area contributed by atoms with E-state index in [2.05, 4.69) is 43.4 Å². The molecule has 2 aromatic rings. The second kappa shape index (κ2) is 6.66. The summed E-state index contributed by atoms with van der Waals surface area (Å²) in [6, 6.07) is 7.89. The molecule has 1 aromatic heterocycles. The Morgan fingerprint density at radius 1 is 1.14 bits per heavy atom. The van der Waals surface area contributed by atoms with Gasteiger partial charge in [0.05, 0.1) is 26.8 Å². The quantitative estimate of drug-likeness (QED) is 0.567. The molecule has 21 heavy (non-hydrogen) atoms. The average Bonchev–Trinajstić information content (AvgIpc) is 2.68. The van der Waals surface area contributed by atoms with Gasteiger partial charge in [-0.15, -0.1) is 11.3 Å². The lowest BCUT2D eigenvalue weighted by Crippen LogP contribution is -2.28. The molecule has 7 heteroatoms. The van der Waals surface area contributed by atoms with Crippen molar-refractivity contribution >= 4 is 43.2 Å². The van der Waals surface area contributed by atoms with Gasteiger partial charge in [0.1, 0.15) is 0 Å². The lowest BCUT2D eigenvalue weighted by atomic mass is 10.0. The molecule has 1 aliphatic heterocycles. The normalized spacial score (nSPS) is 15.6. The maximum Gasteiger partial charge on any atom is 0.161 e. The Morgan fingerprint density at radius 3 is 2.57 bits per heavy atom. The maximum absolute atomic E-state index is 5.77. The average molecular weight is 434 g/mol. The first kappa shape index (κ1) is 15.3. The van der Waals surface area contributed by atoms with Gasteiger partial charge >= 0.3 is 0 Å². The van der Waals surface area contributed by atoms with Crippen molar-refractivity contribution in [1.29, 1.82) is 0 Å². The molecule has 0 saturated carbocycles. The first-order valence-corrected chi connectivity index (χ1v) is 8.89. The van der Waals surface area contributed by atoms with Crippen molar-refractivity contribution < 1.29 is 9.47 Å². The smallest absolute Gasteiger partial charge is 0.161 e. The van der Waals surface area contributed by atoms with Gasteiger partial charge in [0.25, 0.3) is 0 Å². The molecule has 0 aliphatic carbocycles. The molecule has 0 amide bonds. The van der Waals surface area contributed by atoms with E-state index < -0.39 is 0 Å². The van der Waals surface area contributed by atoms with Crippen LogP contribution in [0.3, 0.4) is 0 Å². The fourth-order valence-electron chi connectivity index (χ4n) is 2.27. The second-order valence-electron chi connectivity index (χ2n) is 4.64. The lowest BCUT2D eigenvalue weighted by Gasteiger charge is -2.18. The summed E-state index contributed by atoms with van der Waals surface area (Å²) in [5.74, 6) is 7.33. The fraction of sp³-hybridized carbons (Fsp3) is 0.286. The largest absolute Gasteiger partial charge is 0.490 e. The highest BCUT2D eigenvalue weighted by atomic mass is 79.9. The maximum atomic E-state index is 5.77. The van der Waals surface area contributed by atoms with E-state index in [-0.39, 0.29) is 6.04 Å². The summed E-state index contributed by atoms with van der Waals surface area (Å²) in [7, 11) is 0. The van der Waals surface area contributed by atoms with Crippen LogP contribution in [0.25, 0.3) is 0 Å². The van der Waals surface area contributed by atoms with E-state index in [0.29, 0.717) is 13.2 Å². The SMILES string of the molecule is NNC(c1ccc2c(c1)OCCCO2)c1cc(Br)sc1Br. The third-order valence-electron chi connectivity index (χ3n) is 3.27. The van der Waals surface area contributed by atoms with E-state index in [1.807, 2.05) is 18.2 Å². The molecule has 1 aromatic carbocycles. The van der Waals surface area contributed by atoms with E-state index in [0.717, 1.165) is 36.6 Å². The van der Waals surface area contributed by atoms with Crippen LogP contribution in [0.2, 0.25) is 0 Å². The van der Waals surface area contributed by atoms with Crippen molar-refractivity contribution in [1.82, 2.24) is 5.43 Å². The van der Waals surface area contributed by atoms with E-state index in [1.54, 1.807) is 11.3 Å². The topological polar surface area (TPSA) is 56.5 Å². The van der Waals surface area contributed by atoms with Crippen molar-refractivity contribution in [3.8, 4) is 11.5 Å². The zero-order valence-electron chi connectivity index (χ0n) is 11.1. The van der Waals surface area contributed by atoms with E-state index in [9.17, 15) is 0 Å². The van der Waals surface area contributed by atoms with E-state index >= 15 is 0 Å². The Labute approximate surface area is 143 Å². The van der Waals surface area contributed by atoms with Crippen LogP contribution in [-0.2, 0) is 0 Å². The van der Waals surface area contributed by atoms with Crippen LogP contribution in [0.1, 0.15) is 23.6 Å². The Kier molecular flexibility index (Phi) is 4.85. The van der Waals surface area contributed by atoms with Gasteiger partial charge in [0.15, 0.2) is 11.5 Å². The minimum atomic E-state index is -0.112.